The maximum absolute atomic E-state index is 10.6. The molecule has 0 unspecified atom stereocenters. The Hall–Kier alpha value is -1.78. The Morgan fingerprint density at radius 2 is 2.00 bits per heavy atom. The minimum Gasteiger partial charge on any atom is -0.494 e. The molecule has 5 heteroatoms. The van der Waals surface area contributed by atoms with E-state index in [0.717, 1.165) is 22.1 Å². The molecule has 2 aromatic rings. The van der Waals surface area contributed by atoms with Gasteiger partial charge in [0.05, 0.1) is 13.2 Å². The number of aliphatic carboxylic acids is 1. The van der Waals surface area contributed by atoms with E-state index < -0.39 is 5.97 Å². The molecule has 0 aliphatic heterocycles. The van der Waals surface area contributed by atoms with Crippen molar-refractivity contribution in [1.29, 1.82) is 0 Å². The lowest BCUT2D eigenvalue weighted by Gasteiger charge is -2.13. The van der Waals surface area contributed by atoms with Gasteiger partial charge in [0.25, 0.3) is 0 Å². The fourth-order valence-electron chi connectivity index (χ4n) is 2.08. The van der Waals surface area contributed by atoms with Gasteiger partial charge in [-0.25, -0.2) is 0 Å². The molecule has 0 bridgehead atoms. The SMILES string of the molecule is CCOc1ccc2ccccc2c1CNCC(=O)O.Cl. The summed E-state index contributed by atoms with van der Waals surface area (Å²) in [6.07, 6.45) is 0. The Morgan fingerprint density at radius 1 is 1.25 bits per heavy atom. The zero-order chi connectivity index (χ0) is 13.7. The van der Waals surface area contributed by atoms with Crippen molar-refractivity contribution in [1.82, 2.24) is 5.32 Å². The van der Waals surface area contributed by atoms with Crippen molar-refractivity contribution in [3.63, 3.8) is 0 Å². The molecule has 0 atom stereocenters. The van der Waals surface area contributed by atoms with Gasteiger partial charge in [0, 0.05) is 12.1 Å². The van der Waals surface area contributed by atoms with Crippen LogP contribution in [0.3, 0.4) is 0 Å². The first kappa shape index (κ1) is 16.3. The van der Waals surface area contributed by atoms with Gasteiger partial charge in [0.15, 0.2) is 0 Å². The molecule has 0 aliphatic rings. The van der Waals surface area contributed by atoms with Crippen molar-refractivity contribution in [3.8, 4) is 5.75 Å². The van der Waals surface area contributed by atoms with Crippen LogP contribution in [0.15, 0.2) is 36.4 Å². The summed E-state index contributed by atoms with van der Waals surface area (Å²) < 4.78 is 5.62. The number of hydrogen-bond acceptors (Lipinski definition) is 3. The Balaban J connectivity index is 0.00000200. The third-order valence-corrected chi connectivity index (χ3v) is 2.88. The quantitative estimate of drug-likeness (QED) is 0.860. The molecule has 0 saturated carbocycles. The van der Waals surface area contributed by atoms with Crippen LogP contribution in [0.5, 0.6) is 5.75 Å². The number of ether oxygens (including phenoxy) is 1. The second kappa shape index (κ2) is 7.72. The minimum absolute atomic E-state index is 0. The van der Waals surface area contributed by atoms with Gasteiger partial charge in [-0.2, -0.15) is 0 Å². The largest absolute Gasteiger partial charge is 0.494 e. The lowest BCUT2D eigenvalue weighted by molar-refractivity contribution is -0.136. The molecule has 20 heavy (non-hydrogen) atoms. The highest BCUT2D eigenvalue weighted by molar-refractivity contribution is 5.87. The minimum atomic E-state index is -0.863. The Morgan fingerprint density at radius 3 is 2.70 bits per heavy atom. The first-order chi connectivity index (χ1) is 9.22. The molecule has 4 nitrogen and oxygen atoms in total. The number of hydrogen-bond donors (Lipinski definition) is 2. The van der Waals surface area contributed by atoms with E-state index in [4.69, 9.17) is 9.84 Å². The van der Waals surface area contributed by atoms with Crippen molar-refractivity contribution in [2.75, 3.05) is 13.2 Å². The lowest BCUT2D eigenvalue weighted by Crippen LogP contribution is -2.22. The van der Waals surface area contributed by atoms with Gasteiger partial charge >= 0.3 is 5.97 Å². The Kier molecular flexibility index (Phi) is 6.28. The maximum Gasteiger partial charge on any atom is 0.317 e. The summed E-state index contributed by atoms with van der Waals surface area (Å²) in [5.41, 5.74) is 1.00. The van der Waals surface area contributed by atoms with Crippen molar-refractivity contribution < 1.29 is 14.6 Å². The second-order valence-corrected chi connectivity index (χ2v) is 4.19. The van der Waals surface area contributed by atoms with E-state index in [2.05, 4.69) is 5.32 Å². The molecule has 2 N–H and O–H groups in total. The highest BCUT2D eigenvalue weighted by Crippen LogP contribution is 2.28. The molecule has 108 valence electrons. The maximum atomic E-state index is 10.6. The van der Waals surface area contributed by atoms with Crippen molar-refractivity contribution >= 4 is 29.1 Å². The Labute approximate surface area is 124 Å². The van der Waals surface area contributed by atoms with Crippen LogP contribution in [0.2, 0.25) is 0 Å². The number of nitrogens with one attached hydrogen (secondary N) is 1. The average Bonchev–Trinajstić information content (AvgIpc) is 2.40. The summed E-state index contributed by atoms with van der Waals surface area (Å²) in [5.74, 6) is -0.0581. The zero-order valence-corrected chi connectivity index (χ0v) is 12.1. The number of rotatable bonds is 6. The smallest absolute Gasteiger partial charge is 0.317 e. The van der Waals surface area contributed by atoms with Gasteiger partial charge in [-0.05, 0) is 23.8 Å². The van der Waals surface area contributed by atoms with Gasteiger partial charge in [0.2, 0.25) is 0 Å². The van der Waals surface area contributed by atoms with E-state index in [1.807, 2.05) is 43.3 Å². The van der Waals surface area contributed by atoms with Gasteiger partial charge in [-0.1, -0.05) is 30.3 Å². The second-order valence-electron chi connectivity index (χ2n) is 4.19. The summed E-state index contributed by atoms with van der Waals surface area (Å²) in [4.78, 5) is 10.6. The van der Waals surface area contributed by atoms with Crippen LogP contribution in [0.4, 0.5) is 0 Å². The third-order valence-electron chi connectivity index (χ3n) is 2.88. The number of halogens is 1. The summed E-state index contributed by atoms with van der Waals surface area (Å²) in [7, 11) is 0. The van der Waals surface area contributed by atoms with E-state index in [1.165, 1.54) is 0 Å². The molecule has 2 rings (SSSR count). The van der Waals surface area contributed by atoms with Gasteiger partial charge in [-0.3, -0.25) is 4.79 Å². The van der Waals surface area contributed by atoms with E-state index in [0.29, 0.717) is 13.2 Å². The summed E-state index contributed by atoms with van der Waals surface area (Å²) >= 11 is 0. The first-order valence-electron chi connectivity index (χ1n) is 6.28. The van der Waals surface area contributed by atoms with E-state index >= 15 is 0 Å². The molecule has 0 saturated heterocycles. The van der Waals surface area contributed by atoms with Crippen molar-refractivity contribution in [3.05, 3.63) is 42.0 Å². The number of carboxylic acids is 1. The lowest BCUT2D eigenvalue weighted by atomic mass is 10.0. The molecule has 2 aromatic carbocycles. The van der Waals surface area contributed by atoms with Crippen molar-refractivity contribution in [2.24, 2.45) is 0 Å². The topological polar surface area (TPSA) is 58.6 Å². The fourth-order valence-corrected chi connectivity index (χ4v) is 2.08. The number of fused-ring (bicyclic) bond motifs is 1. The molecule has 0 fully saturated rings. The molecule has 0 aromatic heterocycles. The van der Waals surface area contributed by atoms with Crippen molar-refractivity contribution in [2.45, 2.75) is 13.5 Å². The molecular weight excluding hydrogens is 278 g/mol. The standard InChI is InChI=1S/C15H17NO3.ClH/c1-2-19-14-8-7-11-5-3-4-6-12(11)13(14)9-16-10-15(17)18;/h3-8,16H,2,9-10H2,1H3,(H,17,18);1H. The normalized spacial score (nSPS) is 10.1. The van der Waals surface area contributed by atoms with Crippen LogP contribution < -0.4 is 10.1 Å². The number of carbonyl (C=O) groups is 1. The molecule has 0 spiro atoms. The highest BCUT2D eigenvalue weighted by Gasteiger charge is 2.08. The monoisotopic (exact) mass is 295 g/mol. The first-order valence-corrected chi connectivity index (χ1v) is 6.28. The summed E-state index contributed by atoms with van der Waals surface area (Å²) in [6.45, 7) is 2.94. The third kappa shape index (κ3) is 3.85. The van der Waals surface area contributed by atoms with Gasteiger partial charge in [0.1, 0.15) is 5.75 Å². The average molecular weight is 296 g/mol. The van der Waals surface area contributed by atoms with Crippen LogP contribution in [0, 0.1) is 0 Å². The zero-order valence-electron chi connectivity index (χ0n) is 11.3. The predicted octanol–water partition coefficient (Wildman–Crippen LogP) is 2.83. The molecule has 0 heterocycles. The van der Waals surface area contributed by atoms with E-state index in [-0.39, 0.29) is 19.0 Å². The molecule has 0 amide bonds. The van der Waals surface area contributed by atoms with E-state index in [9.17, 15) is 4.79 Å². The van der Waals surface area contributed by atoms with Gasteiger partial charge < -0.3 is 15.2 Å². The molecule has 0 radical (unpaired) electrons. The predicted molar refractivity (Wildman–Crippen MR) is 81.7 cm³/mol. The van der Waals surface area contributed by atoms with Crippen LogP contribution in [-0.2, 0) is 11.3 Å². The van der Waals surface area contributed by atoms with Crippen LogP contribution in [0.25, 0.3) is 10.8 Å². The summed E-state index contributed by atoms with van der Waals surface area (Å²) in [6, 6.07) is 12.0. The number of carboxylic acid groups (broad SMARTS) is 1. The van der Waals surface area contributed by atoms with E-state index in [1.54, 1.807) is 0 Å². The number of benzene rings is 2. The Bertz CT molecular complexity index is 586. The van der Waals surface area contributed by atoms with Crippen LogP contribution >= 0.6 is 12.4 Å². The summed E-state index contributed by atoms with van der Waals surface area (Å²) in [5, 5.41) is 13.8. The van der Waals surface area contributed by atoms with Crippen LogP contribution in [-0.4, -0.2) is 24.2 Å². The molecular formula is C15H18ClNO3. The fraction of sp³-hybridized carbons (Fsp3) is 0.267. The molecule has 0 aliphatic carbocycles. The van der Waals surface area contributed by atoms with Crippen LogP contribution in [0.1, 0.15) is 12.5 Å². The van der Waals surface area contributed by atoms with Gasteiger partial charge in [-0.15, -0.1) is 12.4 Å². The highest BCUT2D eigenvalue weighted by atomic mass is 35.5.